The van der Waals surface area contributed by atoms with Crippen molar-refractivity contribution < 1.29 is 19.0 Å². The van der Waals surface area contributed by atoms with Crippen molar-refractivity contribution in [3.63, 3.8) is 0 Å². The van der Waals surface area contributed by atoms with E-state index in [0.29, 0.717) is 0 Å². The number of amides is 1. The largest absolute Gasteiger partial charge is 0.506 e. The number of hydrogen-bond acceptors (Lipinski definition) is 3. The van der Waals surface area contributed by atoms with E-state index in [-0.39, 0.29) is 22.7 Å². The van der Waals surface area contributed by atoms with Crippen molar-refractivity contribution in [2.75, 3.05) is 12.4 Å². The third-order valence-corrected chi connectivity index (χ3v) is 2.57. The van der Waals surface area contributed by atoms with E-state index < -0.39 is 11.7 Å². The molecule has 4 nitrogen and oxygen atoms in total. The molecule has 0 aliphatic heterocycles. The second-order valence-electron chi connectivity index (χ2n) is 3.82. The van der Waals surface area contributed by atoms with Gasteiger partial charge < -0.3 is 15.2 Å². The van der Waals surface area contributed by atoms with Gasteiger partial charge in [0.15, 0.2) is 11.6 Å². The number of anilines is 1. The molecule has 0 fully saturated rings. The summed E-state index contributed by atoms with van der Waals surface area (Å²) in [5.74, 6) is -1.11. The summed E-state index contributed by atoms with van der Waals surface area (Å²) in [6.07, 6.45) is 0. The molecule has 0 spiro atoms. The number of hydrogen-bond donors (Lipinski definition) is 2. The summed E-state index contributed by atoms with van der Waals surface area (Å²) in [5.41, 5.74) is 0.408. The smallest absolute Gasteiger partial charge is 0.255 e. The van der Waals surface area contributed by atoms with Crippen LogP contribution in [0.3, 0.4) is 0 Å². The van der Waals surface area contributed by atoms with Crippen molar-refractivity contribution in [2.24, 2.45) is 0 Å². The van der Waals surface area contributed by atoms with Crippen molar-refractivity contribution >= 4 is 11.6 Å². The van der Waals surface area contributed by atoms with E-state index in [9.17, 15) is 14.3 Å². The number of phenolic OH excluding ortho intramolecular Hbond substituents is 1. The fourth-order valence-corrected chi connectivity index (χ4v) is 1.58. The second kappa shape index (κ2) is 5.39. The molecule has 0 saturated carbocycles. The SMILES string of the molecule is COc1ccc(C(=O)Nc2ccccc2O)cc1F. The van der Waals surface area contributed by atoms with Crippen LogP contribution in [0.15, 0.2) is 42.5 Å². The van der Waals surface area contributed by atoms with Gasteiger partial charge in [-0.25, -0.2) is 4.39 Å². The number of rotatable bonds is 3. The van der Waals surface area contributed by atoms with Gasteiger partial charge in [-0.15, -0.1) is 0 Å². The fraction of sp³-hybridized carbons (Fsp3) is 0.0714. The van der Waals surface area contributed by atoms with Crippen molar-refractivity contribution in [3.8, 4) is 11.5 Å². The number of halogens is 1. The molecule has 2 aromatic carbocycles. The summed E-state index contributed by atoms with van der Waals surface area (Å²) < 4.78 is 18.2. The van der Waals surface area contributed by atoms with Crippen LogP contribution in [0, 0.1) is 5.82 Å². The summed E-state index contributed by atoms with van der Waals surface area (Å²) >= 11 is 0. The lowest BCUT2D eigenvalue weighted by molar-refractivity contribution is 0.102. The summed E-state index contributed by atoms with van der Waals surface area (Å²) in [4.78, 5) is 11.9. The minimum Gasteiger partial charge on any atom is -0.506 e. The maximum absolute atomic E-state index is 13.5. The maximum Gasteiger partial charge on any atom is 0.255 e. The zero-order valence-electron chi connectivity index (χ0n) is 10.2. The first-order valence-corrected chi connectivity index (χ1v) is 5.54. The predicted molar refractivity (Wildman–Crippen MR) is 69.0 cm³/mol. The number of carbonyl (C=O) groups excluding carboxylic acids is 1. The van der Waals surface area contributed by atoms with Gasteiger partial charge >= 0.3 is 0 Å². The van der Waals surface area contributed by atoms with Gasteiger partial charge in [-0.05, 0) is 30.3 Å². The molecule has 0 heterocycles. The molecule has 2 N–H and O–H groups in total. The van der Waals surface area contributed by atoms with E-state index in [1.807, 2.05) is 0 Å². The van der Waals surface area contributed by atoms with Crippen molar-refractivity contribution in [3.05, 3.63) is 53.8 Å². The predicted octanol–water partition coefficient (Wildman–Crippen LogP) is 2.79. The molecule has 0 unspecified atom stereocenters. The summed E-state index contributed by atoms with van der Waals surface area (Å²) in [7, 11) is 1.35. The number of para-hydroxylation sites is 2. The highest BCUT2D eigenvalue weighted by Crippen LogP contribution is 2.23. The number of aromatic hydroxyl groups is 1. The highest BCUT2D eigenvalue weighted by Gasteiger charge is 2.11. The van der Waals surface area contributed by atoms with Gasteiger partial charge in [-0.3, -0.25) is 4.79 Å². The molecular weight excluding hydrogens is 249 g/mol. The number of ether oxygens (including phenoxy) is 1. The average Bonchev–Trinajstić information content (AvgIpc) is 2.41. The minimum absolute atomic E-state index is 0.0511. The summed E-state index contributed by atoms with van der Waals surface area (Å²) in [6.45, 7) is 0. The number of carbonyl (C=O) groups is 1. The van der Waals surface area contributed by atoms with Gasteiger partial charge in [0, 0.05) is 5.56 Å². The lowest BCUT2D eigenvalue weighted by atomic mass is 10.2. The highest BCUT2D eigenvalue weighted by molar-refractivity contribution is 6.05. The first-order valence-electron chi connectivity index (χ1n) is 5.54. The van der Waals surface area contributed by atoms with Crippen molar-refractivity contribution in [2.45, 2.75) is 0 Å². The normalized spacial score (nSPS) is 10.0. The minimum atomic E-state index is -0.618. The van der Waals surface area contributed by atoms with Crippen LogP contribution < -0.4 is 10.1 Å². The molecule has 19 heavy (non-hydrogen) atoms. The Morgan fingerprint density at radius 3 is 2.63 bits per heavy atom. The van der Waals surface area contributed by atoms with E-state index in [4.69, 9.17) is 4.74 Å². The molecule has 0 aliphatic carbocycles. The molecular formula is C14H12FNO3. The van der Waals surface area contributed by atoms with Crippen LogP contribution in [0.2, 0.25) is 0 Å². The lowest BCUT2D eigenvalue weighted by Gasteiger charge is -2.08. The molecule has 2 rings (SSSR count). The van der Waals surface area contributed by atoms with Crippen molar-refractivity contribution in [1.82, 2.24) is 0 Å². The van der Waals surface area contributed by atoms with Gasteiger partial charge in [0.2, 0.25) is 0 Å². The fourth-order valence-electron chi connectivity index (χ4n) is 1.58. The zero-order valence-corrected chi connectivity index (χ0v) is 10.2. The van der Waals surface area contributed by atoms with E-state index in [0.717, 1.165) is 6.07 Å². The van der Waals surface area contributed by atoms with E-state index in [2.05, 4.69) is 5.32 Å². The second-order valence-corrected chi connectivity index (χ2v) is 3.82. The Bertz CT molecular complexity index is 613. The molecule has 0 aromatic heterocycles. The van der Waals surface area contributed by atoms with Gasteiger partial charge in [0.1, 0.15) is 5.75 Å². The van der Waals surface area contributed by atoms with E-state index >= 15 is 0 Å². The van der Waals surface area contributed by atoms with Gasteiger partial charge in [0.05, 0.1) is 12.8 Å². The van der Waals surface area contributed by atoms with Crippen LogP contribution in [-0.4, -0.2) is 18.1 Å². The van der Waals surface area contributed by atoms with Crippen molar-refractivity contribution in [1.29, 1.82) is 0 Å². The first-order chi connectivity index (χ1) is 9.11. The van der Waals surface area contributed by atoms with Crippen LogP contribution in [0.25, 0.3) is 0 Å². The lowest BCUT2D eigenvalue weighted by Crippen LogP contribution is -2.12. The number of methoxy groups -OCH3 is 1. The Hall–Kier alpha value is -2.56. The highest BCUT2D eigenvalue weighted by atomic mass is 19.1. The van der Waals surface area contributed by atoms with E-state index in [1.165, 1.54) is 25.3 Å². The van der Waals surface area contributed by atoms with Crippen LogP contribution in [0.5, 0.6) is 11.5 Å². The van der Waals surface area contributed by atoms with Crippen LogP contribution in [-0.2, 0) is 0 Å². The Morgan fingerprint density at radius 1 is 1.26 bits per heavy atom. The Kier molecular flexibility index (Phi) is 3.66. The zero-order chi connectivity index (χ0) is 13.8. The Morgan fingerprint density at radius 2 is 2.00 bits per heavy atom. The average molecular weight is 261 g/mol. The molecule has 0 aliphatic rings. The van der Waals surface area contributed by atoms with E-state index in [1.54, 1.807) is 18.2 Å². The molecule has 0 saturated heterocycles. The standard InChI is InChI=1S/C14H12FNO3/c1-19-13-7-6-9(8-10(13)15)14(18)16-11-4-2-3-5-12(11)17/h2-8,17H,1H3,(H,16,18). The topological polar surface area (TPSA) is 58.6 Å². The first kappa shape index (κ1) is 12.9. The Labute approximate surface area is 109 Å². The third kappa shape index (κ3) is 2.82. The number of nitrogens with one attached hydrogen (secondary N) is 1. The third-order valence-electron chi connectivity index (χ3n) is 2.57. The number of phenols is 1. The van der Waals surface area contributed by atoms with Gasteiger partial charge in [-0.1, -0.05) is 12.1 Å². The molecule has 2 aromatic rings. The molecule has 0 atom stereocenters. The van der Waals surface area contributed by atoms with Crippen LogP contribution in [0.1, 0.15) is 10.4 Å². The van der Waals surface area contributed by atoms with Crippen LogP contribution in [0.4, 0.5) is 10.1 Å². The maximum atomic E-state index is 13.5. The molecule has 0 bridgehead atoms. The van der Waals surface area contributed by atoms with Crippen LogP contribution >= 0.6 is 0 Å². The Balaban J connectivity index is 2.21. The number of benzene rings is 2. The quantitative estimate of drug-likeness (QED) is 0.835. The summed E-state index contributed by atoms with van der Waals surface area (Å²) in [5, 5.41) is 12.0. The molecule has 1 amide bonds. The monoisotopic (exact) mass is 261 g/mol. The molecule has 5 heteroatoms. The van der Waals surface area contributed by atoms with Gasteiger partial charge in [-0.2, -0.15) is 0 Å². The van der Waals surface area contributed by atoms with Gasteiger partial charge in [0.25, 0.3) is 5.91 Å². The molecule has 0 radical (unpaired) electrons. The molecule has 98 valence electrons. The summed E-state index contributed by atoms with van der Waals surface area (Å²) in [6, 6.07) is 10.2.